The Morgan fingerprint density at radius 1 is 0.955 bits per heavy atom. The zero-order chi connectivity index (χ0) is 15.4. The molecule has 3 aromatic carbocycles. The number of nitrogens with zero attached hydrogens (tertiary/aromatic N) is 1. The van der Waals surface area contributed by atoms with Crippen LogP contribution in [0.2, 0.25) is 0 Å². The number of hydrogen-bond acceptors (Lipinski definition) is 3. The molecule has 0 fully saturated rings. The zero-order valence-corrected chi connectivity index (χ0v) is 12.5. The molecular weight excluding hydrogens is 292 g/mol. The lowest BCUT2D eigenvalue weighted by Gasteiger charge is -2.05. The van der Waals surface area contributed by atoms with Crippen LogP contribution in [0.1, 0.15) is 11.1 Å². The van der Waals surface area contributed by atoms with Gasteiger partial charge < -0.3 is 5.11 Å². The maximum Gasteiger partial charge on any atom is 0.126 e. The standard InChI is InChI=1S/C18H14N2OS/c21-17-11-10-13-6-4-5-9-15(13)16(17)12-19-20-18(22)14-7-2-1-3-8-14/h1-12,21H,(H,20,22)/b19-12+. The van der Waals surface area contributed by atoms with Gasteiger partial charge in [-0.1, -0.05) is 72.9 Å². The molecule has 0 heterocycles. The Labute approximate surface area is 133 Å². The maximum atomic E-state index is 10.0. The Morgan fingerprint density at radius 2 is 1.68 bits per heavy atom. The molecule has 0 spiro atoms. The summed E-state index contributed by atoms with van der Waals surface area (Å²) >= 11 is 5.28. The summed E-state index contributed by atoms with van der Waals surface area (Å²) in [5.41, 5.74) is 4.40. The smallest absolute Gasteiger partial charge is 0.126 e. The molecule has 0 aromatic heterocycles. The molecule has 3 aromatic rings. The van der Waals surface area contributed by atoms with Crippen molar-refractivity contribution in [2.24, 2.45) is 5.10 Å². The van der Waals surface area contributed by atoms with E-state index in [0.29, 0.717) is 10.6 Å². The molecule has 0 saturated carbocycles. The Kier molecular flexibility index (Phi) is 4.12. The molecule has 3 nitrogen and oxygen atoms in total. The average molecular weight is 306 g/mol. The number of fused-ring (bicyclic) bond motifs is 1. The van der Waals surface area contributed by atoms with E-state index in [-0.39, 0.29) is 5.75 Å². The van der Waals surface area contributed by atoms with Gasteiger partial charge in [0.15, 0.2) is 0 Å². The third-order valence-electron chi connectivity index (χ3n) is 3.34. The van der Waals surface area contributed by atoms with E-state index in [9.17, 15) is 5.11 Å². The minimum atomic E-state index is 0.190. The highest BCUT2D eigenvalue weighted by Crippen LogP contribution is 2.25. The van der Waals surface area contributed by atoms with Crippen LogP contribution in [-0.4, -0.2) is 16.3 Å². The largest absolute Gasteiger partial charge is 0.507 e. The van der Waals surface area contributed by atoms with Gasteiger partial charge in [-0.25, -0.2) is 0 Å². The summed E-state index contributed by atoms with van der Waals surface area (Å²) in [6.07, 6.45) is 1.59. The second kappa shape index (κ2) is 6.37. The fourth-order valence-electron chi connectivity index (χ4n) is 2.23. The van der Waals surface area contributed by atoms with Crippen LogP contribution < -0.4 is 5.43 Å². The zero-order valence-electron chi connectivity index (χ0n) is 11.7. The van der Waals surface area contributed by atoms with Crippen LogP contribution in [0.3, 0.4) is 0 Å². The van der Waals surface area contributed by atoms with E-state index < -0.39 is 0 Å². The summed E-state index contributed by atoms with van der Waals surface area (Å²) in [7, 11) is 0. The molecule has 0 unspecified atom stereocenters. The fourth-order valence-corrected chi connectivity index (χ4v) is 2.42. The number of thiocarbonyl (C=S) groups is 1. The Bertz CT molecular complexity index is 844. The number of phenols is 1. The summed E-state index contributed by atoms with van der Waals surface area (Å²) in [5.74, 6) is 0.190. The van der Waals surface area contributed by atoms with Crippen molar-refractivity contribution >= 4 is 34.2 Å². The van der Waals surface area contributed by atoms with Gasteiger partial charge in [-0.15, -0.1) is 0 Å². The van der Waals surface area contributed by atoms with Crippen molar-refractivity contribution < 1.29 is 5.11 Å². The van der Waals surface area contributed by atoms with Crippen LogP contribution in [0.15, 0.2) is 71.8 Å². The number of hydrogen-bond donors (Lipinski definition) is 2. The van der Waals surface area contributed by atoms with Crippen molar-refractivity contribution in [3.05, 3.63) is 77.9 Å². The molecule has 0 saturated heterocycles. The molecule has 0 aliphatic carbocycles. The molecule has 22 heavy (non-hydrogen) atoms. The maximum absolute atomic E-state index is 10.0. The number of hydrazone groups is 1. The number of benzene rings is 3. The quantitative estimate of drug-likeness (QED) is 0.439. The third kappa shape index (κ3) is 2.97. The first-order chi connectivity index (χ1) is 10.8. The molecular formula is C18H14N2OS. The lowest BCUT2D eigenvalue weighted by atomic mass is 10.0. The van der Waals surface area contributed by atoms with E-state index in [1.807, 2.05) is 60.7 Å². The minimum absolute atomic E-state index is 0.190. The number of rotatable bonds is 3. The molecule has 2 N–H and O–H groups in total. The van der Waals surface area contributed by atoms with Gasteiger partial charge in [0.25, 0.3) is 0 Å². The first-order valence-electron chi connectivity index (χ1n) is 6.85. The lowest BCUT2D eigenvalue weighted by molar-refractivity contribution is 0.475. The van der Waals surface area contributed by atoms with Crippen LogP contribution in [0, 0.1) is 0 Å². The molecule has 0 atom stereocenters. The number of phenolic OH excluding ortho intramolecular Hbond substituents is 1. The van der Waals surface area contributed by atoms with Gasteiger partial charge in [-0.2, -0.15) is 5.10 Å². The van der Waals surface area contributed by atoms with Gasteiger partial charge in [0, 0.05) is 11.1 Å². The molecule has 3 rings (SSSR count). The highest BCUT2D eigenvalue weighted by atomic mass is 32.1. The molecule has 0 bridgehead atoms. The predicted octanol–water partition coefficient (Wildman–Crippen LogP) is 3.84. The Morgan fingerprint density at radius 3 is 2.50 bits per heavy atom. The van der Waals surface area contributed by atoms with Crippen LogP contribution >= 0.6 is 12.2 Å². The third-order valence-corrected chi connectivity index (χ3v) is 3.67. The van der Waals surface area contributed by atoms with Crippen molar-refractivity contribution in [3.63, 3.8) is 0 Å². The van der Waals surface area contributed by atoms with Crippen molar-refractivity contribution in [2.45, 2.75) is 0 Å². The first kappa shape index (κ1) is 14.2. The number of nitrogens with one attached hydrogen (secondary N) is 1. The van der Waals surface area contributed by atoms with Gasteiger partial charge in [-0.3, -0.25) is 5.43 Å². The molecule has 0 aliphatic rings. The van der Waals surface area contributed by atoms with E-state index >= 15 is 0 Å². The van der Waals surface area contributed by atoms with E-state index in [1.54, 1.807) is 12.3 Å². The normalized spacial score (nSPS) is 10.9. The second-order valence-electron chi connectivity index (χ2n) is 4.78. The van der Waals surface area contributed by atoms with Crippen molar-refractivity contribution in [1.82, 2.24) is 5.43 Å². The predicted molar refractivity (Wildman–Crippen MR) is 94.5 cm³/mol. The van der Waals surface area contributed by atoms with E-state index in [2.05, 4.69) is 10.5 Å². The van der Waals surface area contributed by atoms with Crippen LogP contribution in [0.25, 0.3) is 10.8 Å². The Balaban J connectivity index is 1.84. The van der Waals surface area contributed by atoms with Crippen molar-refractivity contribution in [2.75, 3.05) is 0 Å². The fraction of sp³-hybridized carbons (Fsp3) is 0. The van der Waals surface area contributed by atoms with Gasteiger partial charge in [-0.05, 0) is 16.8 Å². The van der Waals surface area contributed by atoms with Gasteiger partial charge >= 0.3 is 0 Å². The Hall–Kier alpha value is -2.72. The summed E-state index contributed by atoms with van der Waals surface area (Å²) in [6, 6.07) is 21.0. The summed E-state index contributed by atoms with van der Waals surface area (Å²) < 4.78 is 0. The summed E-state index contributed by atoms with van der Waals surface area (Å²) in [6.45, 7) is 0. The van der Waals surface area contributed by atoms with Gasteiger partial charge in [0.2, 0.25) is 0 Å². The van der Waals surface area contributed by atoms with Gasteiger partial charge in [0.1, 0.15) is 10.7 Å². The molecule has 108 valence electrons. The minimum Gasteiger partial charge on any atom is -0.507 e. The van der Waals surface area contributed by atoms with E-state index in [1.165, 1.54) is 0 Å². The van der Waals surface area contributed by atoms with Crippen LogP contribution in [0.5, 0.6) is 5.75 Å². The SMILES string of the molecule is Oc1ccc2ccccc2c1/C=N/NC(=S)c1ccccc1. The topological polar surface area (TPSA) is 44.6 Å². The summed E-state index contributed by atoms with van der Waals surface area (Å²) in [5, 5.41) is 16.2. The van der Waals surface area contributed by atoms with Crippen LogP contribution in [-0.2, 0) is 0 Å². The van der Waals surface area contributed by atoms with Crippen molar-refractivity contribution in [1.29, 1.82) is 0 Å². The van der Waals surface area contributed by atoms with Gasteiger partial charge in [0.05, 0.1) is 6.21 Å². The van der Waals surface area contributed by atoms with Crippen LogP contribution in [0.4, 0.5) is 0 Å². The summed E-state index contributed by atoms with van der Waals surface area (Å²) in [4.78, 5) is 0.538. The molecule has 0 amide bonds. The monoisotopic (exact) mass is 306 g/mol. The first-order valence-corrected chi connectivity index (χ1v) is 7.26. The highest BCUT2D eigenvalue weighted by molar-refractivity contribution is 7.80. The molecule has 4 heteroatoms. The lowest BCUT2D eigenvalue weighted by Crippen LogP contribution is -2.16. The molecule has 0 aliphatic heterocycles. The second-order valence-corrected chi connectivity index (χ2v) is 5.19. The number of aromatic hydroxyl groups is 1. The highest BCUT2D eigenvalue weighted by Gasteiger charge is 2.04. The van der Waals surface area contributed by atoms with E-state index in [4.69, 9.17) is 12.2 Å². The van der Waals surface area contributed by atoms with E-state index in [0.717, 1.165) is 16.3 Å². The average Bonchev–Trinajstić information content (AvgIpc) is 2.57. The van der Waals surface area contributed by atoms with Crippen molar-refractivity contribution in [3.8, 4) is 5.75 Å². The molecule has 0 radical (unpaired) electrons.